The highest BCUT2D eigenvalue weighted by atomic mass is 32.2. The van der Waals surface area contributed by atoms with Crippen LogP contribution in [0.5, 0.6) is 0 Å². The molecule has 8 heteroatoms. The summed E-state index contributed by atoms with van der Waals surface area (Å²) >= 11 is 0. The van der Waals surface area contributed by atoms with Crippen molar-refractivity contribution in [1.29, 1.82) is 0 Å². The van der Waals surface area contributed by atoms with Gasteiger partial charge in [0.15, 0.2) is 0 Å². The summed E-state index contributed by atoms with van der Waals surface area (Å²) < 4.78 is 33.3. The highest BCUT2D eigenvalue weighted by Crippen LogP contribution is 2.48. The van der Waals surface area contributed by atoms with Gasteiger partial charge in [-0.2, -0.15) is 0 Å². The third-order valence-electron chi connectivity index (χ3n) is 6.33. The number of carbonyl (C=O) groups is 1. The summed E-state index contributed by atoms with van der Waals surface area (Å²) in [5, 5.41) is 3.08. The lowest BCUT2D eigenvalue weighted by Gasteiger charge is -2.27. The smallest absolute Gasteiger partial charge is 0.261 e. The standard InChI is InChI=1S/C24H31N3O4S/c1-2-19-3-9-22(10-4-19)32(29,30)26-21-7-5-20(6-8-21)24(11-12-24)23(28)25-13-14-27-15-17-31-18-16-27/h3-10,26H,2,11-18H2,1H3,(H,25,28). The number of morpholine rings is 1. The predicted molar refractivity (Wildman–Crippen MR) is 124 cm³/mol. The third kappa shape index (κ3) is 5.14. The number of nitrogens with zero attached hydrogens (tertiary/aromatic N) is 1. The van der Waals surface area contributed by atoms with Crippen LogP contribution in [-0.2, 0) is 31.4 Å². The number of sulfonamides is 1. The summed E-state index contributed by atoms with van der Waals surface area (Å²) in [6, 6.07) is 14.1. The molecule has 0 bridgehead atoms. The lowest BCUT2D eigenvalue weighted by atomic mass is 9.95. The van der Waals surface area contributed by atoms with E-state index < -0.39 is 15.4 Å². The second kappa shape index (κ2) is 9.60. The Morgan fingerprint density at radius 1 is 1.03 bits per heavy atom. The zero-order chi connectivity index (χ0) is 22.6. The van der Waals surface area contributed by atoms with Gasteiger partial charge in [0.25, 0.3) is 10.0 Å². The topological polar surface area (TPSA) is 87.7 Å². The van der Waals surface area contributed by atoms with E-state index in [4.69, 9.17) is 4.74 Å². The molecule has 1 saturated carbocycles. The van der Waals surface area contributed by atoms with Gasteiger partial charge in [0.05, 0.1) is 23.5 Å². The van der Waals surface area contributed by atoms with Gasteiger partial charge in [0.2, 0.25) is 5.91 Å². The van der Waals surface area contributed by atoms with E-state index in [-0.39, 0.29) is 10.8 Å². The quantitative estimate of drug-likeness (QED) is 0.604. The van der Waals surface area contributed by atoms with Crippen LogP contribution in [0, 0.1) is 0 Å². The summed E-state index contributed by atoms with van der Waals surface area (Å²) in [5.74, 6) is 0.0510. The third-order valence-corrected chi connectivity index (χ3v) is 7.73. The van der Waals surface area contributed by atoms with Crippen molar-refractivity contribution >= 4 is 21.6 Å². The van der Waals surface area contributed by atoms with Gasteiger partial charge >= 0.3 is 0 Å². The number of rotatable bonds is 9. The van der Waals surface area contributed by atoms with Crippen molar-refractivity contribution in [2.45, 2.75) is 36.5 Å². The molecule has 2 aliphatic rings. The van der Waals surface area contributed by atoms with Gasteiger partial charge in [-0.25, -0.2) is 8.42 Å². The fourth-order valence-corrected chi connectivity index (χ4v) is 5.13. The van der Waals surface area contributed by atoms with Crippen molar-refractivity contribution in [2.75, 3.05) is 44.1 Å². The maximum Gasteiger partial charge on any atom is 0.261 e. The minimum atomic E-state index is -3.65. The molecular formula is C24H31N3O4S. The first-order valence-corrected chi connectivity index (χ1v) is 12.7. The number of anilines is 1. The lowest BCUT2D eigenvalue weighted by Crippen LogP contribution is -2.43. The van der Waals surface area contributed by atoms with E-state index in [1.165, 1.54) is 0 Å². The SMILES string of the molecule is CCc1ccc(S(=O)(=O)Nc2ccc(C3(C(=O)NCCN4CCOCC4)CC3)cc2)cc1. The van der Waals surface area contributed by atoms with Crippen LogP contribution in [0.15, 0.2) is 53.4 Å². The van der Waals surface area contributed by atoms with Crippen LogP contribution in [0.3, 0.4) is 0 Å². The van der Waals surface area contributed by atoms with E-state index in [0.717, 1.165) is 63.2 Å². The monoisotopic (exact) mass is 457 g/mol. The minimum absolute atomic E-state index is 0.0510. The van der Waals surface area contributed by atoms with Crippen LogP contribution in [-0.4, -0.2) is 58.6 Å². The van der Waals surface area contributed by atoms with Gasteiger partial charge in [0.1, 0.15) is 0 Å². The highest BCUT2D eigenvalue weighted by molar-refractivity contribution is 7.92. The van der Waals surface area contributed by atoms with E-state index in [2.05, 4.69) is 14.9 Å². The number of hydrogen-bond donors (Lipinski definition) is 2. The van der Waals surface area contributed by atoms with Crippen LogP contribution in [0.4, 0.5) is 5.69 Å². The molecule has 7 nitrogen and oxygen atoms in total. The van der Waals surface area contributed by atoms with Gasteiger partial charge in [-0.15, -0.1) is 0 Å². The highest BCUT2D eigenvalue weighted by Gasteiger charge is 2.51. The minimum Gasteiger partial charge on any atom is -0.379 e. The van der Waals surface area contributed by atoms with Gasteiger partial charge in [-0.1, -0.05) is 31.2 Å². The molecule has 0 radical (unpaired) electrons. The second-order valence-corrected chi connectivity index (χ2v) is 10.2. The summed E-state index contributed by atoms with van der Waals surface area (Å²) in [6.07, 6.45) is 2.48. The van der Waals surface area contributed by atoms with Gasteiger partial charge in [-0.05, 0) is 54.7 Å². The fourth-order valence-electron chi connectivity index (χ4n) is 4.07. The number of benzene rings is 2. The number of hydrogen-bond acceptors (Lipinski definition) is 5. The molecule has 0 aromatic heterocycles. The Labute approximate surface area is 190 Å². The first-order chi connectivity index (χ1) is 15.4. The van der Waals surface area contributed by atoms with Crippen molar-refractivity contribution in [1.82, 2.24) is 10.2 Å². The zero-order valence-electron chi connectivity index (χ0n) is 18.5. The lowest BCUT2D eigenvalue weighted by molar-refractivity contribution is -0.123. The molecule has 0 unspecified atom stereocenters. The number of ether oxygens (including phenoxy) is 1. The first-order valence-electron chi connectivity index (χ1n) is 11.2. The molecule has 4 rings (SSSR count). The Kier molecular flexibility index (Phi) is 6.83. The molecule has 1 aliphatic heterocycles. The predicted octanol–water partition coefficient (Wildman–Crippen LogP) is 2.53. The zero-order valence-corrected chi connectivity index (χ0v) is 19.3. The van der Waals surface area contributed by atoms with Crippen LogP contribution in [0.1, 0.15) is 30.9 Å². The molecule has 2 fully saturated rings. The Bertz CT molecular complexity index is 1030. The van der Waals surface area contributed by atoms with Gasteiger partial charge in [0, 0.05) is 31.9 Å². The van der Waals surface area contributed by atoms with Crippen LogP contribution < -0.4 is 10.0 Å². The molecule has 1 aliphatic carbocycles. The van der Waals surface area contributed by atoms with Crippen molar-refractivity contribution in [2.24, 2.45) is 0 Å². The van der Waals surface area contributed by atoms with Crippen molar-refractivity contribution in [3.8, 4) is 0 Å². The summed E-state index contributed by atoms with van der Waals surface area (Å²) in [6.45, 7) is 6.78. The largest absolute Gasteiger partial charge is 0.379 e. The molecule has 1 heterocycles. The van der Waals surface area contributed by atoms with Crippen LogP contribution in [0.25, 0.3) is 0 Å². The van der Waals surface area contributed by atoms with E-state index in [1.54, 1.807) is 24.3 Å². The average molecular weight is 458 g/mol. The van der Waals surface area contributed by atoms with E-state index >= 15 is 0 Å². The first kappa shape index (κ1) is 22.8. The number of aryl methyl sites for hydroxylation is 1. The fraction of sp³-hybridized carbons (Fsp3) is 0.458. The Morgan fingerprint density at radius 3 is 2.28 bits per heavy atom. The summed E-state index contributed by atoms with van der Waals surface area (Å²) in [7, 11) is -3.65. The van der Waals surface area contributed by atoms with Crippen LogP contribution >= 0.6 is 0 Å². The van der Waals surface area contributed by atoms with E-state index in [9.17, 15) is 13.2 Å². The molecule has 1 saturated heterocycles. The number of amides is 1. The second-order valence-electron chi connectivity index (χ2n) is 8.47. The Hall–Kier alpha value is -2.42. The Morgan fingerprint density at radius 2 is 1.69 bits per heavy atom. The molecule has 1 amide bonds. The molecule has 0 atom stereocenters. The van der Waals surface area contributed by atoms with Gasteiger partial charge < -0.3 is 10.1 Å². The molecule has 2 aromatic carbocycles. The van der Waals surface area contributed by atoms with E-state index in [1.807, 2.05) is 31.2 Å². The normalized spacial score (nSPS) is 18.2. The van der Waals surface area contributed by atoms with E-state index in [0.29, 0.717) is 12.2 Å². The molecule has 32 heavy (non-hydrogen) atoms. The molecular weight excluding hydrogens is 426 g/mol. The number of nitrogens with one attached hydrogen (secondary N) is 2. The Balaban J connectivity index is 1.35. The van der Waals surface area contributed by atoms with Crippen molar-refractivity contribution in [3.05, 3.63) is 59.7 Å². The molecule has 2 aromatic rings. The van der Waals surface area contributed by atoms with Crippen LogP contribution in [0.2, 0.25) is 0 Å². The van der Waals surface area contributed by atoms with Crippen molar-refractivity contribution in [3.63, 3.8) is 0 Å². The van der Waals surface area contributed by atoms with Crippen molar-refractivity contribution < 1.29 is 17.9 Å². The average Bonchev–Trinajstić information content (AvgIpc) is 3.62. The summed E-state index contributed by atoms with van der Waals surface area (Å²) in [5.41, 5.74) is 2.01. The maximum atomic E-state index is 12.9. The molecule has 2 N–H and O–H groups in total. The molecule has 0 spiro atoms. The van der Waals surface area contributed by atoms with Gasteiger partial charge in [-0.3, -0.25) is 14.4 Å². The maximum absolute atomic E-state index is 12.9. The summed E-state index contributed by atoms with van der Waals surface area (Å²) in [4.78, 5) is 15.4. The number of carbonyl (C=O) groups excluding carboxylic acids is 1. The molecule has 172 valence electrons.